The van der Waals surface area contributed by atoms with E-state index in [1.54, 1.807) is 0 Å². The van der Waals surface area contributed by atoms with Crippen LogP contribution in [0.1, 0.15) is 27.2 Å². The number of amides is 1. The van der Waals surface area contributed by atoms with Gasteiger partial charge in [-0.25, -0.2) is 0 Å². The summed E-state index contributed by atoms with van der Waals surface area (Å²) in [5, 5.41) is 20.0. The SMILES string of the molecule is CC(C)(C)OC(=O)CCOCCOCCOCCOCCNC(=O)C(O)CO. The molecule has 28 heavy (non-hydrogen) atoms. The Hall–Kier alpha value is -1.30. The van der Waals surface area contributed by atoms with Crippen LogP contribution in [0.2, 0.25) is 0 Å². The van der Waals surface area contributed by atoms with Gasteiger partial charge in [0, 0.05) is 6.54 Å². The van der Waals surface area contributed by atoms with Crippen molar-refractivity contribution in [1.82, 2.24) is 5.32 Å². The van der Waals surface area contributed by atoms with Crippen LogP contribution in [0.25, 0.3) is 0 Å². The van der Waals surface area contributed by atoms with Gasteiger partial charge in [0.05, 0.1) is 65.9 Å². The van der Waals surface area contributed by atoms with E-state index in [9.17, 15) is 9.59 Å². The van der Waals surface area contributed by atoms with Crippen LogP contribution < -0.4 is 5.32 Å². The zero-order chi connectivity index (χ0) is 21.3. The molecule has 0 aliphatic rings. The average molecular weight is 409 g/mol. The lowest BCUT2D eigenvalue weighted by Gasteiger charge is -2.19. The first-order valence-electron chi connectivity index (χ1n) is 9.35. The second kappa shape index (κ2) is 16.6. The standard InChI is InChI=1S/C18H35NO9/c1-18(2,3)28-16(22)4-6-24-8-10-26-12-13-27-11-9-25-7-5-19-17(23)15(21)14-20/h15,20-21H,4-14H2,1-3H3,(H,19,23). The number of carbonyl (C=O) groups is 2. The second-order valence-corrected chi connectivity index (χ2v) is 6.78. The van der Waals surface area contributed by atoms with Gasteiger partial charge in [0.25, 0.3) is 5.91 Å². The number of hydrogen-bond acceptors (Lipinski definition) is 9. The summed E-state index contributed by atoms with van der Waals surface area (Å²) >= 11 is 0. The van der Waals surface area contributed by atoms with E-state index < -0.39 is 24.2 Å². The maximum atomic E-state index is 11.4. The average Bonchev–Trinajstić information content (AvgIpc) is 2.62. The highest BCUT2D eigenvalue weighted by Crippen LogP contribution is 2.07. The molecular weight excluding hydrogens is 374 g/mol. The fraction of sp³-hybridized carbons (Fsp3) is 0.889. The van der Waals surface area contributed by atoms with Crippen molar-refractivity contribution in [3.05, 3.63) is 0 Å². The van der Waals surface area contributed by atoms with Crippen molar-refractivity contribution >= 4 is 11.9 Å². The Kier molecular flexibility index (Phi) is 15.9. The van der Waals surface area contributed by atoms with Crippen LogP contribution in [0.3, 0.4) is 0 Å². The molecule has 10 heteroatoms. The third-order valence-corrected chi connectivity index (χ3v) is 3.01. The Morgan fingerprint density at radius 2 is 1.32 bits per heavy atom. The number of hydrogen-bond donors (Lipinski definition) is 3. The van der Waals surface area contributed by atoms with E-state index in [0.29, 0.717) is 46.2 Å². The van der Waals surface area contributed by atoms with Crippen molar-refractivity contribution in [1.29, 1.82) is 0 Å². The molecule has 1 atom stereocenters. The summed E-state index contributed by atoms with van der Waals surface area (Å²) in [6.45, 7) is 8.07. The Morgan fingerprint density at radius 3 is 1.79 bits per heavy atom. The van der Waals surface area contributed by atoms with Gasteiger partial charge in [0.1, 0.15) is 5.60 Å². The molecule has 1 amide bonds. The molecule has 166 valence electrons. The van der Waals surface area contributed by atoms with E-state index >= 15 is 0 Å². The molecule has 0 aromatic heterocycles. The summed E-state index contributed by atoms with van der Waals surface area (Å²) in [5.74, 6) is -0.914. The Labute approximate surface area is 166 Å². The molecule has 0 spiro atoms. The van der Waals surface area contributed by atoms with Gasteiger partial charge in [-0.3, -0.25) is 9.59 Å². The molecule has 0 fully saturated rings. The van der Waals surface area contributed by atoms with Crippen molar-refractivity contribution in [3.8, 4) is 0 Å². The van der Waals surface area contributed by atoms with E-state index in [1.807, 2.05) is 20.8 Å². The van der Waals surface area contributed by atoms with Crippen LogP contribution in [-0.2, 0) is 33.3 Å². The molecule has 0 heterocycles. The summed E-state index contributed by atoms with van der Waals surface area (Å²) in [4.78, 5) is 22.6. The zero-order valence-corrected chi connectivity index (χ0v) is 17.1. The molecule has 0 rings (SSSR count). The quantitative estimate of drug-likeness (QED) is 0.210. The fourth-order valence-corrected chi connectivity index (χ4v) is 1.76. The second-order valence-electron chi connectivity index (χ2n) is 6.78. The van der Waals surface area contributed by atoms with Crippen LogP contribution in [0.5, 0.6) is 0 Å². The highest BCUT2D eigenvalue weighted by molar-refractivity contribution is 5.80. The normalized spacial score (nSPS) is 12.6. The largest absolute Gasteiger partial charge is 0.460 e. The number of carbonyl (C=O) groups excluding carboxylic acids is 2. The van der Waals surface area contributed by atoms with Gasteiger partial charge in [-0.15, -0.1) is 0 Å². The van der Waals surface area contributed by atoms with Crippen molar-refractivity contribution in [2.75, 3.05) is 66.0 Å². The van der Waals surface area contributed by atoms with Crippen LogP contribution in [0.15, 0.2) is 0 Å². The molecule has 3 N–H and O–H groups in total. The Bertz CT molecular complexity index is 412. The molecule has 10 nitrogen and oxygen atoms in total. The third-order valence-electron chi connectivity index (χ3n) is 3.01. The van der Waals surface area contributed by atoms with E-state index in [2.05, 4.69) is 5.32 Å². The molecular formula is C18H35NO9. The van der Waals surface area contributed by atoms with Gasteiger partial charge >= 0.3 is 5.97 Å². The first-order chi connectivity index (χ1) is 13.3. The van der Waals surface area contributed by atoms with Gasteiger partial charge in [0.15, 0.2) is 6.10 Å². The van der Waals surface area contributed by atoms with E-state index in [4.69, 9.17) is 33.9 Å². The summed E-state index contributed by atoms with van der Waals surface area (Å²) in [7, 11) is 0. The molecule has 0 saturated carbocycles. The molecule has 1 unspecified atom stereocenters. The monoisotopic (exact) mass is 409 g/mol. The van der Waals surface area contributed by atoms with Gasteiger partial charge < -0.3 is 39.2 Å². The van der Waals surface area contributed by atoms with Crippen molar-refractivity contribution < 1.29 is 43.5 Å². The highest BCUT2D eigenvalue weighted by Gasteiger charge is 2.15. The zero-order valence-electron chi connectivity index (χ0n) is 17.1. The Morgan fingerprint density at radius 1 is 0.857 bits per heavy atom. The summed E-state index contributed by atoms with van der Waals surface area (Å²) in [5.41, 5.74) is -0.481. The van der Waals surface area contributed by atoms with E-state index in [0.717, 1.165) is 0 Å². The predicted molar refractivity (Wildman–Crippen MR) is 99.8 cm³/mol. The van der Waals surface area contributed by atoms with Gasteiger partial charge in [-0.2, -0.15) is 0 Å². The summed E-state index contributed by atoms with van der Waals surface area (Å²) < 4.78 is 26.3. The lowest BCUT2D eigenvalue weighted by Crippen LogP contribution is -2.38. The highest BCUT2D eigenvalue weighted by atomic mass is 16.6. The third kappa shape index (κ3) is 18.1. The maximum absolute atomic E-state index is 11.4. The van der Waals surface area contributed by atoms with Crippen molar-refractivity contribution in [2.45, 2.75) is 38.9 Å². The number of esters is 1. The van der Waals surface area contributed by atoms with Gasteiger partial charge in [-0.05, 0) is 20.8 Å². The first-order valence-corrected chi connectivity index (χ1v) is 9.35. The van der Waals surface area contributed by atoms with E-state index in [1.165, 1.54) is 0 Å². The van der Waals surface area contributed by atoms with Crippen molar-refractivity contribution in [3.63, 3.8) is 0 Å². The van der Waals surface area contributed by atoms with Crippen LogP contribution in [-0.4, -0.2) is 99.8 Å². The molecule has 0 bridgehead atoms. The molecule has 0 aromatic carbocycles. The number of aliphatic hydroxyl groups is 2. The number of ether oxygens (including phenoxy) is 5. The number of aliphatic hydroxyl groups excluding tert-OH is 2. The Balaban J connectivity index is 3.24. The van der Waals surface area contributed by atoms with Gasteiger partial charge in [0.2, 0.25) is 0 Å². The predicted octanol–water partition coefficient (Wildman–Crippen LogP) is -0.746. The fourth-order valence-electron chi connectivity index (χ4n) is 1.76. The smallest absolute Gasteiger partial charge is 0.308 e. The number of nitrogens with one attached hydrogen (secondary N) is 1. The maximum Gasteiger partial charge on any atom is 0.308 e. The topological polar surface area (TPSA) is 133 Å². The molecule has 0 radical (unpaired) electrons. The van der Waals surface area contributed by atoms with Crippen LogP contribution >= 0.6 is 0 Å². The molecule has 0 aliphatic carbocycles. The van der Waals surface area contributed by atoms with Crippen LogP contribution in [0.4, 0.5) is 0 Å². The summed E-state index contributed by atoms with van der Waals surface area (Å²) in [6.07, 6.45) is -1.19. The molecule has 0 aromatic rings. The molecule has 0 saturated heterocycles. The van der Waals surface area contributed by atoms with Gasteiger partial charge in [-0.1, -0.05) is 0 Å². The van der Waals surface area contributed by atoms with Crippen LogP contribution in [0, 0.1) is 0 Å². The number of rotatable bonds is 17. The minimum Gasteiger partial charge on any atom is -0.460 e. The van der Waals surface area contributed by atoms with Crippen molar-refractivity contribution in [2.24, 2.45) is 0 Å². The first kappa shape index (κ1) is 26.7. The molecule has 0 aliphatic heterocycles. The van der Waals surface area contributed by atoms with E-state index in [-0.39, 0.29) is 25.5 Å². The minimum atomic E-state index is -1.40. The minimum absolute atomic E-state index is 0.214. The lowest BCUT2D eigenvalue weighted by molar-refractivity contribution is -0.156. The summed E-state index contributed by atoms with van der Waals surface area (Å²) in [6, 6.07) is 0. The lowest BCUT2D eigenvalue weighted by atomic mass is 10.2.